The van der Waals surface area contributed by atoms with Crippen molar-refractivity contribution in [3.05, 3.63) is 62.1 Å². The van der Waals surface area contributed by atoms with Gasteiger partial charge in [0.25, 0.3) is 0 Å². The van der Waals surface area contributed by atoms with E-state index in [0.717, 1.165) is 10.6 Å². The van der Waals surface area contributed by atoms with Gasteiger partial charge in [-0.25, -0.2) is 8.42 Å². The number of benzene rings is 2. The number of nitrogens with one attached hydrogen (secondary N) is 1. The predicted molar refractivity (Wildman–Crippen MR) is 129 cm³/mol. The van der Waals surface area contributed by atoms with E-state index in [9.17, 15) is 18.0 Å². The van der Waals surface area contributed by atoms with Crippen molar-refractivity contribution in [2.75, 3.05) is 24.2 Å². The molecule has 0 aliphatic heterocycles. The lowest BCUT2D eigenvalue weighted by molar-refractivity contribution is -0.139. The van der Waals surface area contributed by atoms with Crippen molar-refractivity contribution in [1.29, 1.82) is 0 Å². The van der Waals surface area contributed by atoms with Gasteiger partial charge in [-0.05, 0) is 37.3 Å². The van der Waals surface area contributed by atoms with Crippen LogP contribution >= 0.6 is 46.4 Å². The van der Waals surface area contributed by atoms with Crippen molar-refractivity contribution in [3.63, 3.8) is 0 Å². The standard InChI is InChI=1S/C20H21Cl4N3O4S/c1-12(20(29)25-2)26(10-14-15(21)5-4-6-16(14)22)19(28)11-27(32(3,30)31)13-7-8-17(23)18(24)9-13/h4-9,12H,10-11H2,1-3H3,(H,25,29)/t12-/m1/s1. The molecule has 0 unspecified atom stereocenters. The van der Waals surface area contributed by atoms with Crippen LogP contribution in [0.15, 0.2) is 36.4 Å². The van der Waals surface area contributed by atoms with Crippen LogP contribution in [0.3, 0.4) is 0 Å². The first-order valence-electron chi connectivity index (χ1n) is 9.23. The molecule has 0 heterocycles. The highest BCUT2D eigenvalue weighted by molar-refractivity contribution is 7.92. The summed E-state index contributed by atoms with van der Waals surface area (Å²) in [5.41, 5.74) is 0.582. The minimum Gasteiger partial charge on any atom is -0.357 e. The third-order valence-electron chi connectivity index (χ3n) is 4.67. The molecule has 0 bridgehead atoms. The molecule has 0 aliphatic rings. The van der Waals surface area contributed by atoms with Gasteiger partial charge in [0.2, 0.25) is 21.8 Å². The Morgan fingerprint density at radius 1 is 1.00 bits per heavy atom. The minimum atomic E-state index is -3.89. The van der Waals surface area contributed by atoms with Crippen LogP contribution in [-0.4, -0.2) is 51.0 Å². The van der Waals surface area contributed by atoms with Crippen LogP contribution < -0.4 is 9.62 Å². The second-order valence-electron chi connectivity index (χ2n) is 6.88. The summed E-state index contributed by atoms with van der Waals surface area (Å²) < 4.78 is 25.8. The van der Waals surface area contributed by atoms with Crippen LogP contribution in [0, 0.1) is 0 Å². The lowest BCUT2D eigenvalue weighted by Crippen LogP contribution is -2.50. The Bertz CT molecular complexity index is 1110. The molecule has 2 rings (SSSR count). The van der Waals surface area contributed by atoms with Crippen LogP contribution in [0.25, 0.3) is 0 Å². The second-order valence-corrected chi connectivity index (χ2v) is 10.4. The lowest BCUT2D eigenvalue weighted by atomic mass is 10.1. The number of amides is 2. The van der Waals surface area contributed by atoms with Gasteiger partial charge in [-0.15, -0.1) is 0 Å². The van der Waals surface area contributed by atoms with Crippen LogP contribution in [0.4, 0.5) is 5.69 Å². The van der Waals surface area contributed by atoms with Gasteiger partial charge in [-0.2, -0.15) is 0 Å². The van der Waals surface area contributed by atoms with Crippen molar-refractivity contribution in [1.82, 2.24) is 10.2 Å². The predicted octanol–water partition coefficient (Wildman–Crippen LogP) is 4.23. The highest BCUT2D eigenvalue weighted by atomic mass is 35.5. The summed E-state index contributed by atoms with van der Waals surface area (Å²) in [5.74, 6) is -1.09. The summed E-state index contributed by atoms with van der Waals surface area (Å²) in [4.78, 5) is 26.8. The van der Waals surface area contributed by atoms with E-state index in [1.165, 1.54) is 37.1 Å². The molecule has 0 spiro atoms. The van der Waals surface area contributed by atoms with Gasteiger partial charge in [-0.1, -0.05) is 52.5 Å². The number of hydrogen-bond acceptors (Lipinski definition) is 4. The molecule has 0 aliphatic carbocycles. The molecule has 12 heteroatoms. The van der Waals surface area contributed by atoms with E-state index in [4.69, 9.17) is 46.4 Å². The molecule has 2 aromatic rings. The summed E-state index contributed by atoms with van der Waals surface area (Å²) in [6.07, 6.45) is 0.959. The zero-order valence-electron chi connectivity index (χ0n) is 17.4. The maximum atomic E-state index is 13.3. The molecule has 0 aromatic heterocycles. The molecule has 7 nitrogen and oxygen atoms in total. The fourth-order valence-corrected chi connectivity index (χ4v) is 4.55. The first kappa shape index (κ1) is 26.5. The summed E-state index contributed by atoms with van der Waals surface area (Å²) in [5, 5.41) is 3.46. The van der Waals surface area contributed by atoms with E-state index in [0.29, 0.717) is 15.6 Å². The molecule has 0 radical (unpaired) electrons. The fourth-order valence-electron chi connectivity index (χ4n) is 2.90. The summed E-state index contributed by atoms with van der Waals surface area (Å²) in [6.45, 7) is 0.830. The maximum absolute atomic E-state index is 13.3. The van der Waals surface area contributed by atoms with Gasteiger partial charge in [-0.3, -0.25) is 13.9 Å². The number of carbonyl (C=O) groups is 2. The third-order valence-corrected chi connectivity index (χ3v) is 7.26. The van der Waals surface area contributed by atoms with Crippen LogP contribution in [-0.2, 0) is 26.2 Å². The van der Waals surface area contributed by atoms with Crippen LogP contribution in [0.5, 0.6) is 0 Å². The first-order valence-corrected chi connectivity index (χ1v) is 12.6. The van der Waals surface area contributed by atoms with E-state index in [2.05, 4.69) is 5.32 Å². The largest absolute Gasteiger partial charge is 0.357 e. The van der Waals surface area contributed by atoms with Crippen LogP contribution in [0.2, 0.25) is 20.1 Å². The molecule has 32 heavy (non-hydrogen) atoms. The smallest absolute Gasteiger partial charge is 0.244 e. The molecule has 0 saturated carbocycles. The van der Waals surface area contributed by atoms with E-state index >= 15 is 0 Å². The zero-order valence-corrected chi connectivity index (χ0v) is 21.2. The Kier molecular flexibility index (Phi) is 9.07. The maximum Gasteiger partial charge on any atom is 0.244 e. The number of anilines is 1. The molecule has 2 aromatic carbocycles. The van der Waals surface area contributed by atoms with E-state index in [1.54, 1.807) is 18.2 Å². The lowest BCUT2D eigenvalue weighted by Gasteiger charge is -2.31. The van der Waals surface area contributed by atoms with Crippen molar-refractivity contribution >= 4 is 73.9 Å². The van der Waals surface area contributed by atoms with Crippen molar-refractivity contribution in [2.24, 2.45) is 0 Å². The Morgan fingerprint density at radius 2 is 1.59 bits per heavy atom. The molecule has 0 saturated heterocycles. The molecule has 1 atom stereocenters. The van der Waals surface area contributed by atoms with Gasteiger partial charge in [0, 0.05) is 29.2 Å². The number of carbonyl (C=O) groups excluding carboxylic acids is 2. The van der Waals surface area contributed by atoms with Crippen molar-refractivity contribution in [2.45, 2.75) is 19.5 Å². The summed E-state index contributed by atoms with van der Waals surface area (Å²) in [6, 6.07) is 8.13. The number of rotatable bonds is 8. The molecule has 0 fully saturated rings. The second kappa shape index (κ2) is 10.9. The van der Waals surface area contributed by atoms with Gasteiger partial charge < -0.3 is 10.2 Å². The Labute approximate surface area is 207 Å². The summed E-state index contributed by atoms with van der Waals surface area (Å²) in [7, 11) is -2.45. The molecule has 174 valence electrons. The van der Waals surface area contributed by atoms with E-state index < -0.39 is 34.4 Å². The van der Waals surface area contributed by atoms with Gasteiger partial charge >= 0.3 is 0 Å². The molecular weight excluding hydrogens is 520 g/mol. The third kappa shape index (κ3) is 6.42. The Balaban J connectivity index is 2.46. The molecule has 1 N–H and O–H groups in total. The van der Waals surface area contributed by atoms with Gasteiger partial charge in [0.15, 0.2) is 0 Å². The average Bonchev–Trinajstić information content (AvgIpc) is 2.72. The monoisotopic (exact) mass is 539 g/mol. The molecular formula is C20H21Cl4N3O4S. The Morgan fingerprint density at radius 3 is 2.09 bits per heavy atom. The van der Waals surface area contributed by atoms with Gasteiger partial charge in [0.05, 0.1) is 22.0 Å². The van der Waals surface area contributed by atoms with Crippen LogP contribution in [0.1, 0.15) is 12.5 Å². The number of sulfonamides is 1. The fraction of sp³-hybridized carbons (Fsp3) is 0.300. The highest BCUT2D eigenvalue weighted by Gasteiger charge is 2.30. The van der Waals surface area contributed by atoms with Crippen molar-refractivity contribution < 1.29 is 18.0 Å². The number of hydrogen-bond donors (Lipinski definition) is 1. The first-order chi connectivity index (χ1) is 14.9. The van der Waals surface area contributed by atoms with E-state index in [1.807, 2.05) is 0 Å². The SMILES string of the molecule is CNC(=O)[C@@H](C)N(Cc1c(Cl)cccc1Cl)C(=O)CN(c1ccc(Cl)c(Cl)c1)S(C)(=O)=O. The van der Waals surface area contributed by atoms with Crippen molar-refractivity contribution in [3.8, 4) is 0 Å². The Hall–Kier alpha value is -1.71. The highest BCUT2D eigenvalue weighted by Crippen LogP contribution is 2.29. The average molecular weight is 541 g/mol. The number of nitrogens with zero attached hydrogens (tertiary/aromatic N) is 2. The van der Waals surface area contributed by atoms with Gasteiger partial charge in [0.1, 0.15) is 12.6 Å². The summed E-state index contributed by atoms with van der Waals surface area (Å²) >= 11 is 24.4. The topological polar surface area (TPSA) is 86.8 Å². The van der Waals surface area contributed by atoms with E-state index in [-0.39, 0.29) is 22.3 Å². The zero-order chi connectivity index (χ0) is 24.2. The normalized spacial score (nSPS) is 12.2. The molecule has 2 amide bonds. The quantitative estimate of drug-likeness (QED) is 0.542. The number of halogens is 4. The minimum absolute atomic E-state index is 0.106. The number of likely N-dealkylation sites (N-methyl/N-ethyl adjacent to an activating group) is 1.